The number of aromatic nitrogens is 6. The van der Waals surface area contributed by atoms with E-state index in [1.807, 2.05) is 30.3 Å². The largest absolute Gasteiger partial charge is 0.353 e. The minimum Gasteiger partial charge on any atom is -0.353 e. The Bertz CT molecular complexity index is 1750. The number of hydrogen-bond donors (Lipinski definition) is 3. The minimum absolute atomic E-state index is 0.0856. The summed E-state index contributed by atoms with van der Waals surface area (Å²) in [7, 11) is 0. The molecule has 6 aromatic rings. The number of fused-ring (bicyclic) bond motifs is 2. The van der Waals surface area contributed by atoms with Gasteiger partial charge >= 0.3 is 0 Å². The fraction of sp³-hybridized carbons (Fsp3) is 0.0741. The van der Waals surface area contributed by atoms with Crippen LogP contribution in [0, 0.1) is 5.82 Å². The summed E-state index contributed by atoms with van der Waals surface area (Å²) < 4.78 is 14.5. The second kappa shape index (κ2) is 8.70. The number of anilines is 1. The molecule has 5 aromatic heterocycles. The third-order valence-corrected chi connectivity index (χ3v) is 5.98. The molecule has 0 radical (unpaired) electrons. The van der Waals surface area contributed by atoms with E-state index in [2.05, 4.69) is 30.5 Å². The van der Waals surface area contributed by atoms with Gasteiger partial charge in [-0.25, -0.2) is 9.37 Å². The van der Waals surface area contributed by atoms with Crippen molar-refractivity contribution >= 4 is 33.5 Å². The van der Waals surface area contributed by atoms with Gasteiger partial charge in [-0.05, 0) is 42.5 Å². The lowest BCUT2D eigenvalue weighted by Crippen LogP contribution is -2.09. The lowest BCUT2D eigenvalue weighted by atomic mass is 10.1. The van der Waals surface area contributed by atoms with Crippen LogP contribution in [0.15, 0.2) is 73.2 Å². The van der Waals surface area contributed by atoms with Crippen LogP contribution in [-0.2, 0) is 4.79 Å². The van der Waals surface area contributed by atoms with Crippen LogP contribution in [0.5, 0.6) is 0 Å². The van der Waals surface area contributed by atoms with Crippen molar-refractivity contribution in [3.05, 3.63) is 79.0 Å². The summed E-state index contributed by atoms with van der Waals surface area (Å²) in [6.07, 6.45) is 5.33. The van der Waals surface area contributed by atoms with Gasteiger partial charge in [-0.1, -0.05) is 19.1 Å². The van der Waals surface area contributed by atoms with E-state index < -0.39 is 0 Å². The highest BCUT2D eigenvalue weighted by Gasteiger charge is 2.17. The Morgan fingerprint density at radius 1 is 1.03 bits per heavy atom. The average Bonchev–Trinajstić information content (AvgIpc) is 3.52. The van der Waals surface area contributed by atoms with Crippen LogP contribution in [-0.4, -0.2) is 36.0 Å². The van der Waals surface area contributed by atoms with Gasteiger partial charge in [-0.15, -0.1) is 0 Å². The van der Waals surface area contributed by atoms with Crippen LogP contribution in [0.2, 0.25) is 0 Å². The molecule has 5 heterocycles. The number of H-pyrrole nitrogens is 2. The zero-order chi connectivity index (χ0) is 24.6. The number of rotatable bonds is 5. The van der Waals surface area contributed by atoms with Gasteiger partial charge in [0.1, 0.15) is 17.0 Å². The molecule has 9 heteroatoms. The monoisotopic (exact) mass is 477 g/mol. The Balaban J connectivity index is 1.44. The minimum atomic E-state index is -0.331. The number of nitrogens with one attached hydrogen (secondary N) is 3. The molecule has 0 atom stereocenters. The van der Waals surface area contributed by atoms with Crippen molar-refractivity contribution in [3.8, 4) is 33.9 Å². The molecule has 3 N–H and O–H groups in total. The second-order valence-corrected chi connectivity index (χ2v) is 8.31. The normalized spacial score (nSPS) is 11.3. The highest BCUT2D eigenvalue weighted by atomic mass is 19.1. The first kappa shape index (κ1) is 21.6. The summed E-state index contributed by atoms with van der Waals surface area (Å²) >= 11 is 0. The van der Waals surface area contributed by atoms with Crippen LogP contribution in [0.25, 0.3) is 55.8 Å². The van der Waals surface area contributed by atoms with Gasteiger partial charge in [-0.2, -0.15) is 5.10 Å². The third-order valence-electron chi connectivity index (χ3n) is 5.98. The Hall–Kier alpha value is -4.92. The number of benzene rings is 1. The summed E-state index contributed by atoms with van der Waals surface area (Å²) in [4.78, 5) is 28.7. The van der Waals surface area contributed by atoms with E-state index in [4.69, 9.17) is 4.98 Å². The van der Waals surface area contributed by atoms with Crippen LogP contribution in [0.4, 0.5) is 10.1 Å². The molecule has 0 aliphatic carbocycles. The van der Waals surface area contributed by atoms with E-state index in [-0.39, 0.29) is 11.7 Å². The van der Waals surface area contributed by atoms with Gasteiger partial charge in [0, 0.05) is 40.8 Å². The molecule has 0 spiro atoms. The maximum absolute atomic E-state index is 14.5. The van der Waals surface area contributed by atoms with E-state index in [0.717, 1.165) is 27.7 Å². The number of amides is 1. The van der Waals surface area contributed by atoms with Crippen molar-refractivity contribution < 1.29 is 9.18 Å². The average molecular weight is 478 g/mol. The SMILES string of the molecule is CCC(=O)Nc1cncc(-c2ccc3[nH]nc(-c4cc5c(-c6ccccc6F)nccc5[nH]4)c3n2)c1. The molecule has 6 rings (SSSR count). The number of aromatic amines is 2. The van der Waals surface area contributed by atoms with Crippen LogP contribution in [0.1, 0.15) is 13.3 Å². The molecule has 0 saturated heterocycles. The van der Waals surface area contributed by atoms with E-state index >= 15 is 0 Å². The van der Waals surface area contributed by atoms with Gasteiger partial charge in [0.15, 0.2) is 0 Å². The predicted octanol–water partition coefficient (Wildman–Crippen LogP) is 5.72. The van der Waals surface area contributed by atoms with E-state index in [1.54, 1.807) is 43.7 Å². The summed E-state index contributed by atoms with van der Waals surface area (Å²) in [5, 5.41) is 11.1. The number of pyridine rings is 3. The number of carbonyl (C=O) groups excluding carboxylic acids is 1. The molecule has 1 aromatic carbocycles. The van der Waals surface area contributed by atoms with E-state index in [0.29, 0.717) is 40.3 Å². The van der Waals surface area contributed by atoms with Gasteiger partial charge in [0.2, 0.25) is 5.91 Å². The second-order valence-electron chi connectivity index (χ2n) is 8.31. The Labute approximate surface area is 204 Å². The highest BCUT2D eigenvalue weighted by molar-refractivity contribution is 5.99. The smallest absolute Gasteiger partial charge is 0.224 e. The molecule has 176 valence electrons. The molecule has 0 aliphatic heterocycles. The third kappa shape index (κ3) is 3.76. The summed E-state index contributed by atoms with van der Waals surface area (Å²) in [6.45, 7) is 1.79. The number of nitrogens with zero attached hydrogens (tertiary/aromatic N) is 4. The predicted molar refractivity (Wildman–Crippen MR) is 137 cm³/mol. The Morgan fingerprint density at radius 3 is 2.78 bits per heavy atom. The molecule has 0 aliphatic rings. The van der Waals surface area contributed by atoms with Crippen LogP contribution >= 0.6 is 0 Å². The first-order valence-corrected chi connectivity index (χ1v) is 11.4. The molecule has 36 heavy (non-hydrogen) atoms. The molecular weight excluding hydrogens is 457 g/mol. The molecule has 0 saturated carbocycles. The Morgan fingerprint density at radius 2 is 1.92 bits per heavy atom. The summed E-state index contributed by atoms with van der Waals surface area (Å²) in [6, 6.07) is 16.0. The van der Waals surface area contributed by atoms with E-state index in [9.17, 15) is 9.18 Å². The molecule has 0 bridgehead atoms. The fourth-order valence-electron chi connectivity index (χ4n) is 4.19. The van der Waals surface area contributed by atoms with Gasteiger partial charge < -0.3 is 10.3 Å². The van der Waals surface area contributed by atoms with Crippen molar-refractivity contribution in [1.29, 1.82) is 0 Å². The molecule has 1 amide bonds. The topological polar surface area (TPSA) is 112 Å². The lowest BCUT2D eigenvalue weighted by molar-refractivity contribution is -0.115. The molecular formula is C27H20FN7O. The standard InChI is InChI=1S/C27H20FN7O/c1-2-24(36)31-16-11-15(13-29-14-16)20-7-8-22-26(33-20)27(35-34-22)23-12-18-21(32-23)9-10-30-25(18)17-5-3-4-6-19(17)28/h3-14,32H,2H2,1H3,(H,31,36)(H,34,35). The summed E-state index contributed by atoms with van der Waals surface area (Å²) in [5.74, 6) is -0.416. The van der Waals surface area contributed by atoms with Gasteiger partial charge in [0.05, 0.1) is 34.5 Å². The summed E-state index contributed by atoms with van der Waals surface area (Å²) in [5.41, 5.74) is 6.66. The maximum Gasteiger partial charge on any atom is 0.224 e. The Kier molecular flexibility index (Phi) is 5.22. The van der Waals surface area contributed by atoms with Crippen molar-refractivity contribution in [2.75, 3.05) is 5.32 Å². The first-order valence-electron chi connectivity index (χ1n) is 11.4. The lowest BCUT2D eigenvalue weighted by Gasteiger charge is -2.06. The van der Waals surface area contributed by atoms with Crippen molar-refractivity contribution in [1.82, 2.24) is 30.1 Å². The fourth-order valence-corrected chi connectivity index (χ4v) is 4.19. The first-order chi connectivity index (χ1) is 17.6. The number of hydrogen-bond acceptors (Lipinski definition) is 5. The van der Waals surface area contributed by atoms with Crippen molar-refractivity contribution in [2.24, 2.45) is 0 Å². The van der Waals surface area contributed by atoms with Crippen molar-refractivity contribution in [3.63, 3.8) is 0 Å². The van der Waals surface area contributed by atoms with Gasteiger partial charge in [0.25, 0.3) is 0 Å². The zero-order valence-electron chi connectivity index (χ0n) is 19.2. The quantitative estimate of drug-likeness (QED) is 0.294. The zero-order valence-corrected chi connectivity index (χ0v) is 19.2. The van der Waals surface area contributed by atoms with Crippen LogP contribution < -0.4 is 5.32 Å². The van der Waals surface area contributed by atoms with Gasteiger partial charge in [-0.3, -0.25) is 19.9 Å². The number of halogens is 1. The van der Waals surface area contributed by atoms with Crippen LogP contribution in [0.3, 0.4) is 0 Å². The molecule has 0 unspecified atom stereocenters. The maximum atomic E-state index is 14.5. The highest BCUT2D eigenvalue weighted by Crippen LogP contribution is 2.34. The number of carbonyl (C=O) groups is 1. The van der Waals surface area contributed by atoms with Crippen molar-refractivity contribution in [2.45, 2.75) is 13.3 Å². The molecule has 8 nitrogen and oxygen atoms in total. The molecule has 0 fully saturated rings. The van der Waals surface area contributed by atoms with E-state index in [1.165, 1.54) is 6.07 Å².